The number of nitrogens with one attached hydrogen (secondary N) is 1. The van der Waals surface area contributed by atoms with Crippen LogP contribution in [0.1, 0.15) is 50.8 Å². The van der Waals surface area contributed by atoms with Gasteiger partial charge < -0.3 is 9.84 Å². The Morgan fingerprint density at radius 1 is 1.12 bits per heavy atom. The van der Waals surface area contributed by atoms with Crippen molar-refractivity contribution in [1.82, 2.24) is 29.8 Å². The maximum absolute atomic E-state index is 12.6. The molecule has 1 fully saturated rings. The average Bonchev–Trinajstić information content (AvgIpc) is 3.13. The van der Waals surface area contributed by atoms with Crippen molar-refractivity contribution in [2.75, 3.05) is 0 Å². The third kappa shape index (κ3) is 4.84. The minimum Gasteiger partial charge on any atom is -0.353 e. The van der Waals surface area contributed by atoms with Gasteiger partial charge >= 0.3 is 5.69 Å². The largest absolute Gasteiger partial charge is 0.353 e. The zero-order valence-electron chi connectivity index (χ0n) is 18.0. The SMILES string of the molecule is Cn1c(=O)c(-c2noc(CCC(=O)NC3CCCCCC3)n2)nn(-c2ccccc2)c1=O. The van der Waals surface area contributed by atoms with Crippen LogP contribution in [0, 0.1) is 0 Å². The van der Waals surface area contributed by atoms with E-state index in [2.05, 4.69) is 20.6 Å². The van der Waals surface area contributed by atoms with E-state index in [-0.39, 0.29) is 42.2 Å². The first-order valence-electron chi connectivity index (χ1n) is 10.9. The molecule has 10 nitrogen and oxygen atoms in total. The summed E-state index contributed by atoms with van der Waals surface area (Å²) in [6.45, 7) is 0. The maximum atomic E-state index is 12.6. The van der Waals surface area contributed by atoms with Crippen molar-refractivity contribution in [2.45, 2.75) is 57.4 Å². The number of para-hydroxylation sites is 1. The van der Waals surface area contributed by atoms with Gasteiger partial charge in [-0.1, -0.05) is 49.0 Å². The minimum atomic E-state index is -0.624. The second kappa shape index (κ2) is 9.71. The Morgan fingerprint density at radius 2 is 1.84 bits per heavy atom. The number of carbonyl (C=O) groups is 1. The Morgan fingerprint density at radius 3 is 2.56 bits per heavy atom. The molecule has 0 atom stereocenters. The quantitative estimate of drug-likeness (QED) is 0.581. The summed E-state index contributed by atoms with van der Waals surface area (Å²) in [6, 6.07) is 8.99. The lowest BCUT2D eigenvalue weighted by molar-refractivity contribution is -0.121. The molecule has 1 aliphatic carbocycles. The van der Waals surface area contributed by atoms with Gasteiger partial charge in [-0.05, 0) is 25.0 Å². The van der Waals surface area contributed by atoms with Crippen LogP contribution in [0.15, 0.2) is 44.4 Å². The summed E-state index contributed by atoms with van der Waals surface area (Å²) in [4.78, 5) is 41.6. The molecular weight excluding hydrogens is 412 g/mol. The summed E-state index contributed by atoms with van der Waals surface area (Å²) < 4.78 is 7.30. The van der Waals surface area contributed by atoms with Gasteiger partial charge in [0.1, 0.15) is 0 Å². The fourth-order valence-corrected chi connectivity index (χ4v) is 3.85. The standard InChI is InChI=1S/C22H26N6O4/c1-27-21(30)19(25-28(22(27)31)16-11-7-4-8-12-16)20-24-18(32-26-20)14-13-17(29)23-15-9-5-2-3-6-10-15/h4,7-8,11-12,15H,2-3,5-6,9-10,13-14H2,1H3,(H,23,29). The highest BCUT2D eigenvalue weighted by Crippen LogP contribution is 2.17. The first kappa shape index (κ1) is 21.7. The Hall–Kier alpha value is -3.56. The first-order chi connectivity index (χ1) is 15.5. The van der Waals surface area contributed by atoms with Crippen LogP contribution in [0.4, 0.5) is 0 Å². The molecule has 32 heavy (non-hydrogen) atoms. The normalized spacial score (nSPS) is 14.8. The molecule has 3 aromatic rings. The van der Waals surface area contributed by atoms with Gasteiger partial charge in [0, 0.05) is 25.9 Å². The number of rotatable bonds is 6. The average molecular weight is 438 g/mol. The third-order valence-corrected chi connectivity index (χ3v) is 5.64. The summed E-state index contributed by atoms with van der Waals surface area (Å²) in [6.07, 6.45) is 7.24. The second-order valence-electron chi connectivity index (χ2n) is 8.01. The summed E-state index contributed by atoms with van der Waals surface area (Å²) in [5.74, 6) is 0.162. The van der Waals surface area contributed by atoms with Gasteiger partial charge in [-0.3, -0.25) is 14.2 Å². The van der Waals surface area contributed by atoms with Crippen LogP contribution in [-0.4, -0.2) is 36.4 Å². The van der Waals surface area contributed by atoms with Gasteiger partial charge in [-0.2, -0.15) is 14.8 Å². The number of hydrogen-bond acceptors (Lipinski definition) is 7. The topological polar surface area (TPSA) is 125 Å². The van der Waals surface area contributed by atoms with Crippen LogP contribution >= 0.6 is 0 Å². The summed E-state index contributed by atoms with van der Waals surface area (Å²) in [5, 5.41) is 11.1. The number of amides is 1. The Labute approximate surface area is 184 Å². The Kier molecular flexibility index (Phi) is 6.58. The van der Waals surface area contributed by atoms with Gasteiger partial charge in [0.15, 0.2) is 5.69 Å². The molecule has 1 saturated carbocycles. The van der Waals surface area contributed by atoms with Crippen molar-refractivity contribution in [3.63, 3.8) is 0 Å². The Balaban J connectivity index is 1.48. The van der Waals surface area contributed by atoms with Crippen LogP contribution in [0.25, 0.3) is 17.2 Å². The van der Waals surface area contributed by atoms with Crippen molar-refractivity contribution in [3.8, 4) is 17.2 Å². The molecule has 1 amide bonds. The second-order valence-corrected chi connectivity index (χ2v) is 8.01. The highest BCUT2D eigenvalue weighted by molar-refractivity contribution is 5.76. The van der Waals surface area contributed by atoms with Crippen LogP contribution < -0.4 is 16.6 Å². The minimum absolute atomic E-state index is 0.0190. The molecule has 0 spiro atoms. The molecule has 0 bridgehead atoms. The van der Waals surface area contributed by atoms with E-state index in [1.54, 1.807) is 24.3 Å². The molecule has 0 radical (unpaired) electrons. The van der Waals surface area contributed by atoms with Gasteiger partial charge in [0.2, 0.25) is 17.6 Å². The predicted molar refractivity (Wildman–Crippen MR) is 116 cm³/mol. The molecule has 0 aliphatic heterocycles. The van der Waals surface area contributed by atoms with Gasteiger partial charge in [-0.15, -0.1) is 0 Å². The number of aromatic nitrogens is 5. The van der Waals surface area contributed by atoms with Crippen LogP contribution in [0.3, 0.4) is 0 Å². The number of hydrogen-bond donors (Lipinski definition) is 1. The molecule has 0 unspecified atom stereocenters. The molecule has 0 saturated heterocycles. The molecule has 10 heteroatoms. The van der Waals surface area contributed by atoms with Crippen molar-refractivity contribution < 1.29 is 9.32 Å². The molecule has 168 valence electrons. The van der Waals surface area contributed by atoms with Gasteiger partial charge in [0.05, 0.1) is 5.69 Å². The van der Waals surface area contributed by atoms with E-state index in [1.165, 1.54) is 19.9 Å². The zero-order valence-corrected chi connectivity index (χ0v) is 18.0. The number of nitrogens with zero attached hydrogens (tertiary/aromatic N) is 5. The summed E-state index contributed by atoms with van der Waals surface area (Å²) in [7, 11) is 1.37. The van der Waals surface area contributed by atoms with E-state index in [0.29, 0.717) is 5.69 Å². The van der Waals surface area contributed by atoms with Crippen LogP contribution in [-0.2, 0) is 18.3 Å². The summed E-state index contributed by atoms with van der Waals surface area (Å²) in [5.41, 5.74) is -0.799. The molecular formula is C22H26N6O4. The van der Waals surface area contributed by atoms with E-state index < -0.39 is 11.2 Å². The highest BCUT2D eigenvalue weighted by Gasteiger charge is 2.20. The van der Waals surface area contributed by atoms with Crippen molar-refractivity contribution in [1.29, 1.82) is 0 Å². The molecule has 2 heterocycles. The molecule has 1 aromatic carbocycles. The van der Waals surface area contributed by atoms with E-state index in [0.717, 1.165) is 34.9 Å². The van der Waals surface area contributed by atoms with Crippen molar-refractivity contribution in [3.05, 3.63) is 57.1 Å². The molecule has 1 N–H and O–H groups in total. The molecule has 2 aromatic heterocycles. The van der Waals surface area contributed by atoms with Crippen LogP contribution in [0.2, 0.25) is 0 Å². The molecule has 4 rings (SSSR count). The van der Waals surface area contributed by atoms with Gasteiger partial charge in [-0.25, -0.2) is 4.79 Å². The molecule has 1 aliphatic rings. The summed E-state index contributed by atoms with van der Waals surface area (Å²) >= 11 is 0. The lowest BCUT2D eigenvalue weighted by Crippen LogP contribution is -2.40. The number of carbonyl (C=O) groups excluding carboxylic acids is 1. The van der Waals surface area contributed by atoms with E-state index in [9.17, 15) is 14.4 Å². The third-order valence-electron chi connectivity index (χ3n) is 5.64. The lowest BCUT2D eigenvalue weighted by Gasteiger charge is -2.15. The predicted octanol–water partition coefficient (Wildman–Crippen LogP) is 1.75. The number of aryl methyl sites for hydroxylation is 1. The fraction of sp³-hybridized carbons (Fsp3) is 0.455. The zero-order chi connectivity index (χ0) is 22.5. The number of benzene rings is 1. The monoisotopic (exact) mass is 438 g/mol. The smallest absolute Gasteiger partial charge is 0.351 e. The van der Waals surface area contributed by atoms with Gasteiger partial charge in [0.25, 0.3) is 5.56 Å². The van der Waals surface area contributed by atoms with E-state index in [4.69, 9.17) is 4.52 Å². The van der Waals surface area contributed by atoms with Crippen molar-refractivity contribution in [2.24, 2.45) is 7.05 Å². The van der Waals surface area contributed by atoms with Crippen molar-refractivity contribution >= 4 is 5.91 Å². The first-order valence-corrected chi connectivity index (χ1v) is 10.9. The Bertz CT molecular complexity index is 1190. The van der Waals surface area contributed by atoms with Crippen LogP contribution in [0.5, 0.6) is 0 Å². The highest BCUT2D eigenvalue weighted by atomic mass is 16.5. The van der Waals surface area contributed by atoms with E-state index >= 15 is 0 Å². The fourth-order valence-electron chi connectivity index (χ4n) is 3.85. The maximum Gasteiger partial charge on any atom is 0.351 e. The van der Waals surface area contributed by atoms with E-state index in [1.807, 2.05) is 6.07 Å². The lowest BCUT2D eigenvalue weighted by atomic mass is 10.1.